The molecule has 9 nitrogen and oxygen atoms in total. The van der Waals surface area contributed by atoms with Gasteiger partial charge < -0.3 is 23.2 Å². The number of hydrogen-bond donors (Lipinski definition) is 0. The molecule has 0 N–H and O–H groups in total. The predicted octanol–water partition coefficient (Wildman–Crippen LogP) is 4.52. The van der Waals surface area contributed by atoms with Crippen LogP contribution in [0, 0.1) is 6.92 Å². The third-order valence-corrected chi connectivity index (χ3v) is 5.96. The number of rotatable bonds is 5. The van der Waals surface area contributed by atoms with E-state index in [4.69, 9.17) is 34.8 Å². The fourth-order valence-electron chi connectivity index (χ4n) is 4.28. The highest BCUT2D eigenvalue weighted by Gasteiger charge is 2.46. The van der Waals surface area contributed by atoms with E-state index in [1.807, 2.05) is 0 Å². The molecule has 0 fully saturated rings. The number of aryl methyl sites for hydroxylation is 1. The van der Waals surface area contributed by atoms with Crippen LogP contribution in [0.25, 0.3) is 11.0 Å². The fourth-order valence-corrected chi connectivity index (χ4v) is 4.45. The molecule has 0 spiro atoms. The summed E-state index contributed by atoms with van der Waals surface area (Å²) in [7, 11) is 4.44. The molecule has 1 atom stereocenters. The molecule has 4 aromatic rings. The lowest BCUT2D eigenvalue weighted by Gasteiger charge is -2.25. The van der Waals surface area contributed by atoms with Gasteiger partial charge in [0.25, 0.3) is 5.91 Å². The van der Waals surface area contributed by atoms with Crippen molar-refractivity contribution in [2.24, 2.45) is 0 Å². The second kappa shape index (κ2) is 8.11. The first-order valence-electron chi connectivity index (χ1n) is 10.2. The number of aromatic nitrogens is 1. The van der Waals surface area contributed by atoms with Gasteiger partial charge in [-0.25, -0.2) is 0 Å². The number of amides is 1. The highest BCUT2D eigenvalue weighted by Crippen LogP contribution is 2.49. The monoisotopic (exact) mass is 482 g/mol. The summed E-state index contributed by atoms with van der Waals surface area (Å²) >= 11 is 6.14. The molecule has 0 radical (unpaired) electrons. The highest BCUT2D eigenvalue weighted by atomic mass is 35.5. The molecule has 0 bridgehead atoms. The van der Waals surface area contributed by atoms with E-state index in [0.29, 0.717) is 33.6 Å². The Morgan fingerprint density at radius 2 is 1.76 bits per heavy atom. The van der Waals surface area contributed by atoms with Crippen LogP contribution in [0.5, 0.6) is 17.2 Å². The molecule has 0 aliphatic carbocycles. The molecule has 2 aromatic heterocycles. The van der Waals surface area contributed by atoms with E-state index in [1.165, 1.54) is 32.3 Å². The molecule has 3 heterocycles. The Labute approximate surface area is 198 Å². The molecule has 1 amide bonds. The lowest BCUT2D eigenvalue weighted by atomic mass is 9.97. The van der Waals surface area contributed by atoms with E-state index < -0.39 is 17.4 Å². The maximum Gasteiger partial charge on any atom is 0.296 e. The topological polar surface area (TPSA) is 104 Å². The van der Waals surface area contributed by atoms with Crippen LogP contribution in [-0.2, 0) is 0 Å². The molecule has 1 aliphatic heterocycles. The Bertz CT molecular complexity index is 1510. The van der Waals surface area contributed by atoms with Crippen molar-refractivity contribution in [1.29, 1.82) is 0 Å². The van der Waals surface area contributed by atoms with Gasteiger partial charge in [-0.15, -0.1) is 0 Å². The zero-order valence-electron chi connectivity index (χ0n) is 18.7. The van der Waals surface area contributed by atoms with E-state index in [0.717, 1.165) is 0 Å². The van der Waals surface area contributed by atoms with Crippen LogP contribution in [0.3, 0.4) is 0 Å². The van der Waals surface area contributed by atoms with E-state index in [-0.39, 0.29) is 28.1 Å². The van der Waals surface area contributed by atoms with Gasteiger partial charge in [-0.1, -0.05) is 16.8 Å². The minimum atomic E-state index is -0.943. The number of methoxy groups -OCH3 is 3. The number of hydrogen-bond acceptors (Lipinski definition) is 8. The van der Waals surface area contributed by atoms with Crippen LogP contribution in [0.2, 0.25) is 5.02 Å². The van der Waals surface area contributed by atoms with Crippen LogP contribution in [0.4, 0.5) is 5.82 Å². The quantitative estimate of drug-likeness (QED) is 0.409. The second-order valence-electron chi connectivity index (χ2n) is 7.61. The van der Waals surface area contributed by atoms with Crippen molar-refractivity contribution in [3.05, 3.63) is 74.3 Å². The maximum atomic E-state index is 13.7. The Morgan fingerprint density at radius 1 is 1.00 bits per heavy atom. The van der Waals surface area contributed by atoms with Crippen LogP contribution >= 0.6 is 11.6 Å². The van der Waals surface area contributed by atoms with Gasteiger partial charge in [0.15, 0.2) is 22.7 Å². The third kappa shape index (κ3) is 3.12. The molecule has 1 aliphatic rings. The molecule has 10 heteroatoms. The first kappa shape index (κ1) is 21.8. The number of carbonyl (C=O) groups is 1. The summed E-state index contributed by atoms with van der Waals surface area (Å²) in [5, 5.41) is 4.64. The van der Waals surface area contributed by atoms with Gasteiger partial charge in [0, 0.05) is 16.7 Å². The molecule has 34 heavy (non-hydrogen) atoms. The number of nitrogens with zero attached hydrogens (tertiary/aromatic N) is 2. The fraction of sp³-hybridized carbons (Fsp3) is 0.208. The van der Waals surface area contributed by atoms with E-state index in [1.54, 1.807) is 37.3 Å². The molecule has 2 aromatic carbocycles. The predicted molar refractivity (Wildman–Crippen MR) is 123 cm³/mol. The summed E-state index contributed by atoms with van der Waals surface area (Å²) in [6.45, 7) is 1.70. The van der Waals surface area contributed by atoms with Crippen molar-refractivity contribution in [3.63, 3.8) is 0 Å². The number of anilines is 1. The Balaban J connectivity index is 1.86. The normalized spacial score (nSPS) is 15.0. The van der Waals surface area contributed by atoms with Crippen molar-refractivity contribution < 1.29 is 27.9 Å². The van der Waals surface area contributed by atoms with Crippen molar-refractivity contribution in [2.75, 3.05) is 26.2 Å². The first-order valence-corrected chi connectivity index (χ1v) is 10.6. The Hall–Kier alpha value is -3.98. The van der Waals surface area contributed by atoms with Crippen LogP contribution < -0.4 is 24.5 Å². The van der Waals surface area contributed by atoms with Crippen LogP contribution in [0.1, 0.15) is 33.5 Å². The average molecular weight is 483 g/mol. The van der Waals surface area contributed by atoms with Gasteiger partial charge >= 0.3 is 0 Å². The van der Waals surface area contributed by atoms with Gasteiger partial charge in [0.1, 0.15) is 17.4 Å². The smallest absolute Gasteiger partial charge is 0.296 e. The van der Waals surface area contributed by atoms with Gasteiger partial charge in [-0.05, 0) is 37.3 Å². The number of halogens is 1. The van der Waals surface area contributed by atoms with Gasteiger partial charge in [-0.3, -0.25) is 14.5 Å². The van der Waals surface area contributed by atoms with Crippen molar-refractivity contribution in [1.82, 2.24) is 5.16 Å². The average Bonchev–Trinajstić information content (AvgIpc) is 3.39. The number of carbonyl (C=O) groups excluding carboxylic acids is 1. The molecule has 5 rings (SSSR count). The lowest BCUT2D eigenvalue weighted by Crippen LogP contribution is -2.30. The SMILES string of the molecule is COc1ccc([C@H]2c3c(oc4ccc(Cl)cc4c3=O)C(=O)N2c2cc(C)on2)c(OC)c1OC. The van der Waals surface area contributed by atoms with Gasteiger partial charge in [-0.2, -0.15) is 0 Å². The summed E-state index contributed by atoms with van der Waals surface area (Å²) < 4.78 is 27.7. The molecule has 0 unspecified atom stereocenters. The van der Waals surface area contributed by atoms with Gasteiger partial charge in [0.2, 0.25) is 11.5 Å². The van der Waals surface area contributed by atoms with E-state index >= 15 is 0 Å². The number of ether oxygens (including phenoxy) is 3. The number of benzene rings is 2. The lowest BCUT2D eigenvalue weighted by molar-refractivity contribution is 0.0969. The summed E-state index contributed by atoms with van der Waals surface area (Å²) in [5.74, 6) is 1.11. The highest BCUT2D eigenvalue weighted by molar-refractivity contribution is 6.31. The van der Waals surface area contributed by atoms with Crippen molar-refractivity contribution in [2.45, 2.75) is 13.0 Å². The summed E-state index contributed by atoms with van der Waals surface area (Å²) in [4.78, 5) is 28.7. The minimum absolute atomic E-state index is 0.0951. The largest absolute Gasteiger partial charge is 0.493 e. The summed E-state index contributed by atoms with van der Waals surface area (Å²) in [5.41, 5.74) is 0.460. The summed E-state index contributed by atoms with van der Waals surface area (Å²) in [6, 6.07) is 8.69. The maximum absolute atomic E-state index is 13.7. The Morgan fingerprint density at radius 3 is 2.41 bits per heavy atom. The zero-order chi connectivity index (χ0) is 24.1. The molecule has 174 valence electrons. The second-order valence-corrected chi connectivity index (χ2v) is 8.05. The molecule has 0 saturated heterocycles. The Kier molecular flexibility index (Phi) is 5.21. The number of fused-ring (bicyclic) bond motifs is 2. The van der Waals surface area contributed by atoms with E-state index in [9.17, 15) is 9.59 Å². The first-order chi connectivity index (χ1) is 16.4. The van der Waals surface area contributed by atoms with Gasteiger partial charge in [0.05, 0.1) is 32.3 Å². The van der Waals surface area contributed by atoms with Crippen molar-refractivity contribution in [3.8, 4) is 17.2 Å². The molecular weight excluding hydrogens is 464 g/mol. The standard InChI is InChI=1S/C24H19ClN2O7/c1-11-9-17(26-34-11)27-19(13-6-8-16(30-2)22(32-4)21(13)31-3)18-20(28)14-10-12(25)5-7-15(14)33-23(18)24(27)29/h5-10,19H,1-4H3/t19-/m0/s1. The van der Waals surface area contributed by atoms with E-state index in [2.05, 4.69) is 5.16 Å². The van der Waals surface area contributed by atoms with Crippen LogP contribution in [0.15, 0.2) is 50.1 Å². The van der Waals surface area contributed by atoms with Crippen molar-refractivity contribution >= 4 is 34.3 Å². The zero-order valence-corrected chi connectivity index (χ0v) is 19.4. The molecule has 0 saturated carbocycles. The third-order valence-electron chi connectivity index (χ3n) is 5.72. The molecular formula is C24H19ClN2O7. The minimum Gasteiger partial charge on any atom is -0.493 e. The van der Waals surface area contributed by atoms with Crippen LogP contribution in [-0.4, -0.2) is 32.4 Å². The summed E-state index contributed by atoms with van der Waals surface area (Å²) in [6.07, 6.45) is 0.